The molecule has 2 aliphatic carbocycles. The van der Waals surface area contributed by atoms with Gasteiger partial charge in [0.2, 0.25) is 0 Å². The summed E-state index contributed by atoms with van der Waals surface area (Å²) in [6.45, 7) is 2.03. The molecule has 0 bridgehead atoms. The first-order valence-corrected chi connectivity index (χ1v) is 8.72. The summed E-state index contributed by atoms with van der Waals surface area (Å²) < 4.78 is 43.9. The van der Waals surface area contributed by atoms with E-state index in [0.717, 1.165) is 31.8 Å². The number of nitrogens with two attached hydrogens (primary N) is 1. The molecule has 26 heavy (non-hydrogen) atoms. The molecule has 1 aliphatic heterocycles. The van der Waals surface area contributed by atoms with Crippen molar-refractivity contribution in [2.75, 3.05) is 18.8 Å². The number of hydrogen-bond donors (Lipinski definition) is 2. The number of fused-ring (bicyclic) bond motifs is 1. The minimum atomic E-state index is -4.81. The first kappa shape index (κ1) is 15.9. The fourth-order valence-electron chi connectivity index (χ4n) is 4.03. The first-order valence-electron chi connectivity index (χ1n) is 8.72. The fraction of sp³-hybridized carbons (Fsp3) is 0.529. The van der Waals surface area contributed by atoms with Gasteiger partial charge in [0.15, 0.2) is 11.6 Å². The molecule has 0 unspecified atom stereocenters. The van der Waals surface area contributed by atoms with E-state index in [0.29, 0.717) is 35.1 Å². The molecule has 3 heterocycles. The van der Waals surface area contributed by atoms with Gasteiger partial charge in [-0.15, -0.1) is 13.2 Å². The maximum Gasteiger partial charge on any atom is 0.573 e. The number of hydrogen-bond acceptors (Lipinski definition) is 5. The SMILES string of the molecule is Nc1ncc(-c2cn([C@H]3[C@@H]4CNC[C@@H]43)c(C3CC3)n2)cc1OC(F)(F)F. The minimum absolute atomic E-state index is 0.296. The number of anilines is 1. The third kappa shape index (κ3) is 2.70. The average Bonchev–Trinajstić information content (AvgIpc) is 3.44. The van der Waals surface area contributed by atoms with Crippen LogP contribution in [0.4, 0.5) is 19.0 Å². The lowest BCUT2D eigenvalue weighted by Gasteiger charge is -2.11. The van der Waals surface area contributed by atoms with E-state index in [1.807, 2.05) is 6.20 Å². The number of halogens is 3. The predicted molar refractivity (Wildman–Crippen MR) is 87.4 cm³/mol. The number of pyridine rings is 1. The number of alkyl halides is 3. The quantitative estimate of drug-likeness (QED) is 0.871. The molecule has 5 rings (SSSR count). The van der Waals surface area contributed by atoms with Crippen LogP contribution in [0.1, 0.15) is 30.6 Å². The molecular weight excluding hydrogens is 347 g/mol. The highest BCUT2D eigenvalue weighted by Gasteiger charge is 2.55. The Morgan fingerprint density at radius 2 is 1.96 bits per heavy atom. The highest BCUT2D eigenvalue weighted by Crippen LogP contribution is 2.55. The Morgan fingerprint density at radius 3 is 2.62 bits per heavy atom. The number of nitrogen functional groups attached to an aromatic ring is 1. The molecular formula is C17H18F3N5O. The number of ether oxygens (including phenoxy) is 1. The summed E-state index contributed by atoms with van der Waals surface area (Å²) in [4.78, 5) is 8.57. The standard InChI is InChI=1S/C17H18F3N5O/c18-17(19,20)26-13-3-9(4-23-15(13)21)12-7-25(16(24-12)8-1-2-8)14-10-5-22-6-11(10)14/h3-4,7-8,10-11,14,22H,1-2,5-6H2,(H2,21,23)/t10-,11+,14+. The van der Waals surface area contributed by atoms with E-state index in [1.165, 1.54) is 12.3 Å². The second kappa shape index (κ2) is 5.35. The zero-order valence-electron chi connectivity index (χ0n) is 13.8. The lowest BCUT2D eigenvalue weighted by Crippen LogP contribution is -2.18. The lowest BCUT2D eigenvalue weighted by molar-refractivity contribution is -0.274. The van der Waals surface area contributed by atoms with Crippen molar-refractivity contribution in [3.63, 3.8) is 0 Å². The van der Waals surface area contributed by atoms with Gasteiger partial charge in [-0.25, -0.2) is 9.97 Å². The molecule has 3 fully saturated rings. The van der Waals surface area contributed by atoms with E-state index in [9.17, 15) is 13.2 Å². The first-order chi connectivity index (χ1) is 12.4. The van der Waals surface area contributed by atoms with E-state index in [2.05, 4.69) is 19.6 Å². The molecule has 2 aromatic rings. The zero-order chi connectivity index (χ0) is 18.1. The number of nitrogens with zero attached hydrogens (tertiary/aromatic N) is 3. The Morgan fingerprint density at radius 1 is 1.23 bits per heavy atom. The van der Waals surface area contributed by atoms with Crippen LogP contribution in [0, 0.1) is 11.8 Å². The Kier molecular flexibility index (Phi) is 3.28. The van der Waals surface area contributed by atoms with E-state index < -0.39 is 12.1 Å². The van der Waals surface area contributed by atoms with Crippen LogP contribution in [0.2, 0.25) is 0 Å². The van der Waals surface area contributed by atoms with Gasteiger partial charge in [0.05, 0.1) is 5.69 Å². The number of piperidine rings is 1. The van der Waals surface area contributed by atoms with Crippen molar-refractivity contribution in [1.29, 1.82) is 0 Å². The van der Waals surface area contributed by atoms with Gasteiger partial charge in [-0.1, -0.05) is 0 Å². The van der Waals surface area contributed by atoms with Crippen LogP contribution in [0.5, 0.6) is 5.75 Å². The van der Waals surface area contributed by atoms with Crippen molar-refractivity contribution >= 4 is 5.82 Å². The summed E-state index contributed by atoms with van der Waals surface area (Å²) >= 11 is 0. The van der Waals surface area contributed by atoms with Gasteiger partial charge in [-0.3, -0.25) is 0 Å². The monoisotopic (exact) mass is 365 g/mol. The van der Waals surface area contributed by atoms with Crippen molar-refractivity contribution in [3.05, 3.63) is 24.3 Å². The summed E-state index contributed by atoms with van der Waals surface area (Å²) in [5.74, 6) is 1.95. The topological polar surface area (TPSA) is 78.0 Å². The predicted octanol–water partition coefficient (Wildman–Crippen LogP) is 2.69. The van der Waals surface area contributed by atoms with Crippen LogP contribution in [-0.4, -0.2) is 34.0 Å². The van der Waals surface area contributed by atoms with Crippen molar-refractivity contribution in [2.24, 2.45) is 11.8 Å². The maximum absolute atomic E-state index is 12.6. The van der Waals surface area contributed by atoms with E-state index >= 15 is 0 Å². The third-order valence-electron chi connectivity index (χ3n) is 5.47. The fourth-order valence-corrected chi connectivity index (χ4v) is 4.03. The summed E-state index contributed by atoms with van der Waals surface area (Å²) in [6, 6.07) is 1.70. The summed E-state index contributed by atoms with van der Waals surface area (Å²) in [5.41, 5.74) is 6.61. The molecule has 9 heteroatoms. The Bertz CT molecular complexity index is 851. The minimum Gasteiger partial charge on any atom is -0.402 e. The molecule has 3 aliphatic rings. The van der Waals surface area contributed by atoms with Crippen LogP contribution in [-0.2, 0) is 0 Å². The molecule has 0 aromatic carbocycles. The van der Waals surface area contributed by atoms with Crippen LogP contribution >= 0.6 is 0 Å². The molecule has 138 valence electrons. The normalized spacial score (nSPS) is 27.4. The van der Waals surface area contributed by atoms with Crippen molar-refractivity contribution < 1.29 is 17.9 Å². The average molecular weight is 365 g/mol. The van der Waals surface area contributed by atoms with E-state index in [-0.39, 0.29) is 5.82 Å². The van der Waals surface area contributed by atoms with Crippen LogP contribution in [0.3, 0.4) is 0 Å². The molecule has 6 nitrogen and oxygen atoms in total. The van der Waals surface area contributed by atoms with Gasteiger partial charge in [-0.05, 0) is 30.7 Å². The van der Waals surface area contributed by atoms with Crippen LogP contribution < -0.4 is 15.8 Å². The largest absolute Gasteiger partial charge is 0.573 e. The molecule has 3 N–H and O–H groups in total. The molecule has 0 amide bonds. The van der Waals surface area contributed by atoms with Crippen molar-refractivity contribution in [3.8, 4) is 17.0 Å². The van der Waals surface area contributed by atoms with Gasteiger partial charge in [0.1, 0.15) is 5.82 Å². The van der Waals surface area contributed by atoms with Gasteiger partial charge < -0.3 is 20.4 Å². The number of nitrogens with one attached hydrogen (secondary N) is 1. The molecule has 3 atom stereocenters. The van der Waals surface area contributed by atoms with Crippen molar-refractivity contribution in [1.82, 2.24) is 19.9 Å². The maximum atomic E-state index is 12.6. The smallest absolute Gasteiger partial charge is 0.402 e. The molecule has 1 saturated heterocycles. The zero-order valence-corrected chi connectivity index (χ0v) is 13.8. The van der Waals surface area contributed by atoms with Crippen LogP contribution in [0.25, 0.3) is 11.3 Å². The van der Waals surface area contributed by atoms with Gasteiger partial charge >= 0.3 is 6.36 Å². The number of imidazole rings is 1. The highest BCUT2D eigenvalue weighted by atomic mass is 19.4. The van der Waals surface area contributed by atoms with Crippen molar-refractivity contribution in [2.45, 2.75) is 31.2 Å². The number of aromatic nitrogens is 3. The molecule has 0 radical (unpaired) electrons. The summed E-state index contributed by atoms with van der Waals surface area (Å²) in [6.07, 6.45) is 0.794. The van der Waals surface area contributed by atoms with E-state index in [1.54, 1.807) is 0 Å². The van der Waals surface area contributed by atoms with Gasteiger partial charge in [-0.2, -0.15) is 0 Å². The second-order valence-electron chi connectivity index (χ2n) is 7.30. The lowest BCUT2D eigenvalue weighted by atomic mass is 10.2. The summed E-state index contributed by atoms with van der Waals surface area (Å²) in [5, 5.41) is 3.38. The van der Waals surface area contributed by atoms with Gasteiger partial charge in [0.25, 0.3) is 0 Å². The Hall–Kier alpha value is -2.29. The van der Waals surface area contributed by atoms with Gasteiger partial charge in [0, 0.05) is 43.0 Å². The highest BCUT2D eigenvalue weighted by molar-refractivity contribution is 5.64. The number of rotatable bonds is 4. The van der Waals surface area contributed by atoms with Crippen LogP contribution in [0.15, 0.2) is 18.5 Å². The molecule has 2 saturated carbocycles. The summed E-state index contributed by atoms with van der Waals surface area (Å²) in [7, 11) is 0. The van der Waals surface area contributed by atoms with E-state index in [4.69, 9.17) is 10.7 Å². The molecule has 2 aromatic heterocycles. The Balaban J connectivity index is 1.50. The molecule has 0 spiro atoms. The third-order valence-corrected chi connectivity index (χ3v) is 5.47. The Labute approximate surface area is 147 Å². The second-order valence-corrected chi connectivity index (χ2v) is 7.30.